The number of amides is 1. The monoisotopic (exact) mass is 381 g/mol. The molecule has 7 heteroatoms. The van der Waals surface area contributed by atoms with E-state index in [1.807, 2.05) is 38.1 Å². The van der Waals surface area contributed by atoms with Crippen LogP contribution in [-0.4, -0.2) is 46.8 Å². The third-order valence-corrected chi connectivity index (χ3v) is 4.74. The topological polar surface area (TPSA) is 73.8 Å². The van der Waals surface area contributed by atoms with Crippen molar-refractivity contribution in [3.05, 3.63) is 47.3 Å². The van der Waals surface area contributed by atoms with E-state index in [-0.39, 0.29) is 18.8 Å². The molecule has 0 bridgehead atoms. The zero-order valence-corrected chi connectivity index (χ0v) is 16.1. The molecule has 146 valence electrons. The number of piperidine rings is 1. The molecule has 1 unspecified atom stereocenters. The van der Waals surface area contributed by atoms with Crippen LogP contribution in [0.25, 0.3) is 6.08 Å². The van der Waals surface area contributed by atoms with Gasteiger partial charge in [0.05, 0.1) is 6.54 Å². The van der Waals surface area contributed by atoms with Gasteiger partial charge in [0.25, 0.3) is 0 Å². The number of benzene rings is 1. The van der Waals surface area contributed by atoms with Crippen LogP contribution in [0.2, 0.25) is 0 Å². The zero-order valence-electron chi connectivity index (χ0n) is 16.1. The molecular formula is C21H23N3O4. The molecule has 3 heterocycles. The van der Waals surface area contributed by atoms with Crippen LogP contribution in [-0.2, 0) is 4.79 Å². The second-order valence-corrected chi connectivity index (χ2v) is 7.05. The first-order valence-corrected chi connectivity index (χ1v) is 9.42. The Balaban J connectivity index is 1.37. The number of hydrogen-bond acceptors (Lipinski definition) is 6. The second kappa shape index (κ2) is 7.88. The molecule has 1 fully saturated rings. The Labute approximate surface area is 164 Å². The van der Waals surface area contributed by atoms with Crippen LogP contribution in [0.15, 0.2) is 30.3 Å². The van der Waals surface area contributed by atoms with E-state index in [1.54, 1.807) is 17.1 Å². The van der Waals surface area contributed by atoms with Gasteiger partial charge >= 0.3 is 6.01 Å². The van der Waals surface area contributed by atoms with E-state index in [4.69, 9.17) is 14.2 Å². The Morgan fingerprint density at radius 1 is 1.18 bits per heavy atom. The predicted octanol–water partition coefficient (Wildman–Crippen LogP) is 2.91. The van der Waals surface area contributed by atoms with Crippen molar-refractivity contribution < 1.29 is 19.0 Å². The van der Waals surface area contributed by atoms with E-state index < -0.39 is 0 Å². The van der Waals surface area contributed by atoms with Gasteiger partial charge in [0, 0.05) is 24.0 Å². The van der Waals surface area contributed by atoms with Crippen LogP contribution in [0.4, 0.5) is 0 Å². The van der Waals surface area contributed by atoms with E-state index in [2.05, 4.69) is 9.97 Å². The molecule has 1 amide bonds. The number of carbonyl (C=O) groups excluding carboxylic acids is 1. The van der Waals surface area contributed by atoms with E-state index in [0.717, 1.165) is 42.1 Å². The van der Waals surface area contributed by atoms with Crippen molar-refractivity contribution in [2.24, 2.45) is 0 Å². The van der Waals surface area contributed by atoms with Crippen LogP contribution in [0, 0.1) is 13.8 Å². The number of rotatable bonds is 4. The van der Waals surface area contributed by atoms with E-state index in [1.165, 1.54) is 0 Å². The lowest BCUT2D eigenvalue weighted by Crippen LogP contribution is -2.44. The first-order valence-electron chi connectivity index (χ1n) is 9.42. The molecule has 1 aromatic heterocycles. The lowest BCUT2D eigenvalue weighted by Gasteiger charge is -2.31. The van der Waals surface area contributed by atoms with Crippen molar-refractivity contribution in [2.45, 2.75) is 32.8 Å². The van der Waals surface area contributed by atoms with Gasteiger partial charge in [-0.3, -0.25) is 4.79 Å². The molecule has 2 aromatic rings. The van der Waals surface area contributed by atoms with E-state index in [9.17, 15) is 4.79 Å². The van der Waals surface area contributed by atoms with Gasteiger partial charge in [-0.1, -0.05) is 6.07 Å². The molecule has 1 saturated heterocycles. The minimum absolute atomic E-state index is 0.0349. The summed E-state index contributed by atoms with van der Waals surface area (Å²) in [4.78, 5) is 23.1. The number of aryl methyl sites for hydroxylation is 2. The third kappa shape index (κ3) is 4.24. The highest BCUT2D eigenvalue weighted by Gasteiger charge is 2.24. The van der Waals surface area contributed by atoms with E-state index >= 15 is 0 Å². The fourth-order valence-corrected chi connectivity index (χ4v) is 3.42. The summed E-state index contributed by atoms with van der Waals surface area (Å²) in [6, 6.07) is 7.90. The lowest BCUT2D eigenvalue weighted by molar-refractivity contribution is -0.128. The van der Waals surface area contributed by atoms with Crippen molar-refractivity contribution in [3.63, 3.8) is 0 Å². The molecule has 1 atom stereocenters. The van der Waals surface area contributed by atoms with Gasteiger partial charge in [0.2, 0.25) is 12.7 Å². The van der Waals surface area contributed by atoms with Gasteiger partial charge < -0.3 is 19.1 Å². The maximum atomic E-state index is 12.6. The standard InChI is InChI=1S/C21H23N3O4/c1-14-10-15(2)23-21(22-14)28-17-4-3-9-24(12-17)20(25)8-6-16-5-7-18-19(11-16)27-13-26-18/h5-8,10-11,17H,3-4,9,12-13H2,1-2H3/b8-6+. The van der Waals surface area contributed by atoms with Crippen molar-refractivity contribution >= 4 is 12.0 Å². The first-order chi connectivity index (χ1) is 13.6. The zero-order chi connectivity index (χ0) is 19.5. The van der Waals surface area contributed by atoms with Crippen molar-refractivity contribution in [2.75, 3.05) is 19.9 Å². The van der Waals surface area contributed by atoms with Gasteiger partial charge in [0.1, 0.15) is 6.10 Å². The number of hydrogen-bond donors (Lipinski definition) is 0. The minimum Gasteiger partial charge on any atom is -0.458 e. The molecule has 0 aliphatic carbocycles. The summed E-state index contributed by atoms with van der Waals surface area (Å²) in [6.07, 6.45) is 5.05. The summed E-state index contributed by atoms with van der Waals surface area (Å²) < 4.78 is 16.6. The van der Waals surface area contributed by atoms with Crippen molar-refractivity contribution in [1.82, 2.24) is 14.9 Å². The fourth-order valence-electron chi connectivity index (χ4n) is 3.42. The summed E-state index contributed by atoms with van der Waals surface area (Å²) in [5, 5.41) is 0. The number of aromatic nitrogens is 2. The van der Waals surface area contributed by atoms with Crippen LogP contribution in [0.5, 0.6) is 17.5 Å². The highest BCUT2D eigenvalue weighted by Crippen LogP contribution is 2.32. The van der Waals surface area contributed by atoms with Gasteiger partial charge in [-0.15, -0.1) is 0 Å². The summed E-state index contributed by atoms with van der Waals surface area (Å²) in [7, 11) is 0. The van der Waals surface area contributed by atoms with Crippen molar-refractivity contribution in [3.8, 4) is 17.5 Å². The molecule has 0 radical (unpaired) electrons. The molecule has 0 N–H and O–H groups in total. The predicted molar refractivity (Wildman–Crippen MR) is 103 cm³/mol. The number of likely N-dealkylation sites (tertiary alicyclic amines) is 1. The molecule has 0 spiro atoms. The molecule has 28 heavy (non-hydrogen) atoms. The average molecular weight is 381 g/mol. The minimum atomic E-state index is -0.0992. The maximum absolute atomic E-state index is 12.6. The summed E-state index contributed by atoms with van der Waals surface area (Å²) in [5.74, 6) is 1.40. The normalized spacial score (nSPS) is 18.5. The first kappa shape index (κ1) is 18.3. The van der Waals surface area contributed by atoms with Crippen LogP contribution >= 0.6 is 0 Å². The maximum Gasteiger partial charge on any atom is 0.317 e. The fraction of sp³-hybridized carbons (Fsp3) is 0.381. The summed E-state index contributed by atoms with van der Waals surface area (Å²) in [6.45, 7) is 5.32. The molecule has 0 saturated carbocycles. The van der Waals surface area contributed by atoms with Gasteiger partial charge in [-0.05, 0) is 56.5 Å². The molecule has 7 nitrogen and oxygen atoms in total. The smallest absolute Gasteiger partial charge is 0.317 e. The number of fused-ring (bicyclic) bond motifs is 1. The average Bonchev–Trinajstić information content (AvgIpc) is 3.13. The SMILES string of the molecule is Cc1cc(C)nc(OC2CCCN(C(=O)/C=C/c3ccc4c(c3)OCO4)C2)n1. The number of ether oxygens (including phenoxy) is 3. The molecule has 2 aliphatic rings. The Bertz CT molecular complexity index is 892. The summed E-state index contributed by atoms with van der Waals surface area (Å²) in [5.41, 5.74) is 2.64. The Hall–Kier alpha value is -3.09. The Kier molecular flexibility index (Phi) is 5.14. The largest absolute Gasteiger partial charge is 0.458 e. The van der Waals surface area contributed by atoms with Crippen LogP contribution < -0.4 is 14.2 Å². The summed E-state index contributed by atoms with van der Waals surface area (Å²) >= 11 is 0. The molecule has 1 aromatic carbocycles. The quantitative estimate of drug-likeness (QED) is 0.758. The number of nitrogens with zero attached hydrogens (tertiary/aromatic N) is 3. The van der Waals surface area contributed by atoms with Gasteiger partial charge in [-0.2, -0.15) is 0 Å². The van der Waals surface area contributed by atoms with Gasteiger partial charge in [0.15, 0.2) is 11.5 Å². The Morgan fingerprint density at radius 2 is 1.96 bits per heavy atom. The second-order valence-electron chi connectivity index (χ2n) is 7.05. The highest BCUT2D eigenvalue weighted by atomic mass is 16.7. The van der Waals surface area contributed by atoms with Crippen LogP contribution in [0.3, 0.4) is 0 Å². The molecule has 2 aliphatic heterocycles. The molecule has 4 rings (SSSR count). The third-order valence-electron chi connectivity index (χ3n) is 4.74. The highest BCUT2D eigenvalue weighted by molar-refractivity contribution is 5.92. The van der Waals surface area contributed by atoms with Crippen molar-refractivity contribution in [1.29, 1.82) is 0 Å². The number of carbonyl (C=O) groups is 1. The molecular weight excluding hydrogens is 358 g/mol. The Morgan fingerprint density at radius 3 is 2.79 bits per heavy atom. The van der Waals surface area contributed by atoms with Crippen LogP contribution in [0.1, 0.15) is 29.8 Å². The van der Waals surface area contributed by atoms with Gasteiger partial charge in [-0.25, -0.2) is 9.97 Å². The lowest BCUT2D eigenvalue weighted by atomic mass is 10.1. The van der Waals surface area contributed by atoms with E-state index in [0.29, 0.717) is 18.3 Å².